The fraction of sp³-hybridized carbons (Fsp3) is 0.273. The predicted octanol–water partition coefficient (Wildman–Crippen LogP) is -1.34. The van der Waals surface area contributed by atoms with Gasteiger partial charge in [-0.3, -0.25) is 0 Å². The summed E-state index contributed by atoms with van der Waals surface area (Å²) in [7, 11) is 0. The molecule has 0 radical (unpaired) electrons. The number of carbonyl (C=O) groups is 2. The van der Waals surface area contributed by atoms with Gasteiger partial charge in [0.15, 0.2) is 0 Å². The van der Waals surface area contributed by atoms with E-state index in [9.17, 15) is 0 Å². The van der Waals surface area contributed by atoms with Crippen LogP contribution in [0, 0.1) is 0 Å². The first-order valence-electron chi connectivity index (χ1n) is 4.49. The molecule has 0 fully saturated rings. The Morgan fingerprint density at radius 3 is 1.53 bits per heavy atom. The third-order valence-corrected chi connectivity index (χ3v) is 1.08. The van der Waals surface area contributed by atoms with Crippen molar-refractivity contribution in [1.82, 2.24) is 0 Å². The first-order chi connectivity index (χ1) is 7.40. The van der Waals surface area contributed by atoms with Gasteiger partial charge in [0.2, 0.25) is 0 Å². The second kappa shape index (κ2) is 15.1. The molecule has 0 saturated carbocycles. The predicted molar refractivity (Wildman–Crippen MR) is 55.7 cm³/mol. The van der Waals surface area contributed by atoms with Crippen LogP contribution in [0.2, 0.25) is 0 Å². The number of hydrogen-bond acceptors (Lipinski definition) is 5. The summed E-state index contributed by atoms with van der Waals surface area (Å²) in [5.74, 6) is -2.17. The fourth-order valence-corrected chi connectivity index (χ4v) is 0.614. The van der Waals surface area contributed by atoms with Crippen LogP contribution in [0.1, 0.15) is 19.4 Å². The molecule has 0 unspecified atom stereocenters. The number of aliphatic carboxylic acids is 2. The molecule has 90 valence electrons. The van der Waals surface area contributed by atoms with Crippen LogP contribution in [-0.2, 0) is 43.8 Å². The van der Waals surface area contributed by atoms with Gasteiger partial charge in [0, 0.05) is 18.5 Å². The van der Waals surface area contributed by atoms with Crippen molar-refractivity contribution in [1.29, 1.82) is 0 Å². The Labute approximate surface area is 121 Å². The molecule has 0 atom stereocenters. The molecule has 1 aromatic carbocycles. The van der Waals surface area contributed by atoms with Crippen LogP contribution in [0.5, 0.6) is 0 Å². The van der Waals surface area contributed by atoms with Crippen LogP contribution in [0.4, 0.5) is 0 Å². The molecule has 0 aliphatic carbocycles. The molecule has 1 aromatic rings. The molecule has 0 amide bonds. The van der Waals surface area contributed by atoms with Crippen molar-refractivity contribution in [3.8, 4) is 0 Å². The number of carbonyl (C=O) groups excluding carboxylic acids is 2. The standard InChI is InChI=1S/C7H9N.2C2H4O2.Hg/c8-6-7-4-2-1-3-5-7;2*1-2(3)4;/h1-5H,6,8H2;2*1H3,(H,3,4);/q;;;+2/p-2. The average molecular weight is 426 g/mol. The van der Waals surface area contributed by atoms with Crippen LogP contribution >= 0.6 is 0 Å². The Kier molecular flexibility index (Phi) is 18.9. The molecule has 5 nitrogen and oxygen atoms in total. The summed E-state index contributed by atoms with van der Waals surface area (Å²) in [5, 5.41) is 17.8. The van der Waals surface area contributed by atoms with Crippen molar-refractivity contribution < 1.29 is 47.5 Å². The van der Waals surface area contributed by atoms with Crippen LogP contribution in [0.3, 0.4) is 0 Å². The zero-order valence-corrected chi connectivity index (χ0v) is 15.5. The topological polar surface area (TPSA) is 106 Å². The van der Waals surface area contributed by atoms with E-state index in [2.05, 4.69) is 0 Å². The summed E-state index contributed by atoms with van der Waals surface area (Å²) in [5.41, 5.74) is 6.54. The monoisotopic (exact) mass is 427 g/mol. The van der Waals surface area contributed by atoms with E-state index in [4.69, 9.17) is 25.5 Å². The molecule has 0 aromatic heterocycles. The van der Waals surface area contributed by atoms with Crippen molar-refractivity contribution in [2.45, 2.75) is 20.4 Å². The number of rotatable bonds is 1. The SMILES string of the molecule is CC(=O)[O-].CC(=O)[O-].NCc1ccccc1.[Hg+2]. The third-order valence-electron chi connectivity index (χ3n) is 1.08. The number of carboxylic acids is 2. The normalized spacial score (nSPS) is 7.24. The first kappa shape index (κ1) is 21.4. The van der Waals surface area contributed by atoms with Gasteiger partial charge in [-0.15, -0.1) is 0 Å². The maximum absolute atomic E-state index is 8.89. The molecule has 1 rings (SSSR count). The third kappa shape index (κ3) is 31.3. The molecular formula is C11H15HgNO4. The van der Waals surface area contributed by atoms with Gasteiger partial charge in [0.05, 0.1) is 0 Å². The van der Waals surface area contributed by atoms with Gasteiger partial charge in [-0.05, 0) is 19.4 Å². The summed E-state index contributed by atoms with van der Waals surface area (Å²) in [6.07, 6.45) is 0. The van der Waals surface area contributed by atoms with Gasteiger partial charge >= 0.3 is 27.7 Å². The Morgan fingerprint density at radius 1 is 1.06 bits per heavy atom. The number of nitrogens with two attached hydrogens (primary N) is 1. The minimum atomic E-state index is -1.08. The Bertz CT molecular complexity index is 284. The maximum Gasteiger partial charge on any atom is 2.00 e. The van der Waals surface area contributed by atoms with Crippen molar-refractivity contribution >= 4 is 11.9 Å². The molecule has 0 aliphatic heterocycles. The zero-order chi connectivity index (χ0) is 13.0. The van der Waals surface area contributed by atoms with Crippen molar-refractivity contribution in [3.05, 3.63) is 35.9 Å². The van der Waals surface area contributed by atoms with E-state index >= 15 is 0 Å². The van der Waals surface area contributed by atoms with Crippen molar-refractivity contribution in [3.63, 3.8) is 0 Å². The van der Waals surface area contributed by atoms with E-state index in [1.165, 1.54) is 5.56 Å². The molecule has 0 bridgehead atoms. The number of hydrogen-bond donors (Lipinski definition) is 1. The quantitative estimate of drug-likeness (QED) is 0.560. The van der Waals surface area contributed by atoms with E-state index in [1.54, 1.807) is 0 Å². The molecule has 0 spiro atoms. The molecule has 6 heteroatoms. The number of carboxylic acid groups (broad SMARTS) is 2. The van der Waals surface area contributed by atoms with E-state index in [0.29, 0.717) is 6.54 Å². The molecule has 0 aliphatic rings. The molecule has 2 N–H and O–H groups in total. The van der Waals surface area contributed by atoms with Gasteiger partial charge in [-0.2, -0.15) is 0 Å². The van der Waals surface area contributed by atoms with Gasteiger partial charge in [0.1, 0.15) is 0 Å². The summed E-state index contributed by atoms with van der Waals surface area (Å²) < 4.78 is 0. The molecular weight excluding hydrogens is 411 g/mol. The smallest absolute Gasteiger partial charge is 0.550 e. The summed E-state index contributed by atoms with van der Waals surface area (Å²) in [6.45, 7) is 2.58. The molecule has 0 heterocycles. The van der Waals surface area contributed by atoms with Crippen LogP contribution < -0.4 is 15.9 Å². The summed E-state index contributed by atoms with van der Waals surface area (Å²) in [4.78, 5) is 17.8. The minimum absolute atomic E-state index is 0. The Hall–Kier alpha value is -0.945. The van der Waals surface area contributed by atoms with Crippen molar-refractivity contribution in [2.75, 3.05) is 0 Å². The van der Waals surface area contributed by atoms with Crippen LogP contribution in [-0.4, -0.2) is 11.9 Å². The van der Waals surface area contributed by atoms with Gasteiger partial charge < -0.3 is 25.5 Å². The van der Waals surface area contributed by atoms with E-state index in [-0.39, 0.29) is 27.7 Å². The summed E-state index contributed by atoms with van der Waals surface area (Å²) >= 11 is 0. The zero-order valence-electron chi connectivity index (χ0n) is 10.0. The Balaban J connectivity index is -0.000000189. The van der Waals surface area contributed by atoms with Gasteiger partial charge in [-0.1, -0.05) is 30.3 Å². The fourth-order valence-electron chi connectivity index (χ4n) is 0.614. The van der Waals surface area contributed by atoms with Gasteiger partial charge in [-0.25, -0.2) is 0 Å². The number of benzene rings is 1. The van der Waals surface area contributed by atoms with E-state index in [1.807, 2.05) is 30.3 Å². The second-order valence-corrected chi connectivity index (χ2v) is 2.67. The van der Waals surface area contributed by atoms with Gasteiger partial charge in [0.25, 0.3) is 0 Å². The molecule has 0 saturated heterocycles. The van der Waals surface area contributed by atoms with E-state index in [0.717, 1.165) is 13.8 Å². The first-order valence-corrected chi connectivity index (χ1v) is 4.49. The Morgan fingerprint density at radius 2 is 1.35 bits per heavy atom. The van der Waals surface area contributed by atoms with Crippen LogP contribution in [0.25, 0.3) is 0 Å². The molecule has 17 heavy (non-hydrogen) atoms. The second-order valence-electron chi connectivity index (χ2n) is 2.67. The largest absolute Gasteiger partial charge is 2.00 e. The average Bonchev–Trinajstić information content (AvgIpc) is 2.17. The van der Waals surface area contributed by atoms with Crippen molar-refractivity contribution in [2.24, 2.45) is 5.73 Å². The van der Waals surface area contributed by atoms with E-state index < -0.39 is 11.9 Å². The minimum Gasteiger partial charge on any atom is -0.550 e. The van der Waals surface area contributed by atoms with Crippen LogP contribution in [0.15, 0.2) is 30.3 Å². The maximum atomic E-state index is 8.89. The summed E-state index contributed by atoms with van der Waals surface area (Å²) in [6, 6.07) is 9.99.